The van der Waals surface area contributed by atoms with Gasteiger partial charge < -0.3 is 14.7 Å². The standard InChI is InChI=1S/C14H23N3O3/c1-6-10(4)17(14(19)9(2)3)8-13(18)15-12-7-11(5)20-16-12/h7,9-10H,6,8H2,1-5H3,(H,15,16,18). The van der Waals surface area contributed by atoms with Crippen molar-refractivity contribution in [1.82, 2.24) is 10.1 Å². The van der Waals surface area contributed by atoms with Crippen LogP contribution < -0.4 is 5.32 Å². The van der Waals surface area contributed by atoms with Gasteiger partial charge in [0, 0.05) is 18.0 Å². The van der Waals surface area contributed by atoms with E-state index < -0.39 is 0 Å². The molecule has 1 unspecified atom stereocenters. The number of hydrogen-bond donors (Lipinski definition) is 1. The molecule has 1 aromatic rings. The molecule has 0 spiro atoms. The Kier molecular flexibility index (Phi) is 5.73. The molecule has 0 aliphatic carbocycles. The molecule has 20 heavy (non-hydrogen) atoms. The van der Waals surface area contributed by atoms with Crippen LogP contribution in [0.1, 0.15) is 39.9 Å². The van der Waals surface area contributed by atoms with E-state index in [0.717, 1.165) is 6.42 Å². The summed E-state index contributed by atoms with van der Waals surface area (Å²) in [6.07, 6.45) is 0.800. The number of rotatable bonds is 6. The summed E-state index contributed by atoms with van der Waals surface area (Å²) in [7, 11) is 0. The van der Waals surface area contributed by atoms with Gasteiger partial charge in [-0.3, -0.25) is 9.59 Å². The van der Waals surface area contributed by atoms with E-state index in [0.29, 0.717) is 11.6 Å². The number of hydrogen-bond acceptors (Lipinski definition) is 4. The molecular formula is C14H23N3O3. The molecule has 0 aliphatic heterocycles. The highest BCUT2D eigenvalue weighted by molar-refractivity contribution is 5.94. The van der Waals surface area contributed by atoms with E-state index in [1.807, 2.05) is 27.7 Å². The van der Waals surface area contributed by atoms with Gasteiger partial charge in [0.1, 0.15) is 12.3 Å². The van der Waals surface area contributed by atoms with Gasteiger partial charge in [-0.2, -0.15) is 0 Å². The predicted octanol–water partition coefficient (Wildman–Crippen LogP) is 2.20. The molecule has 1 N–H and O–H groups in total. The van der Waals surface area contributed by atoms with Gasteiger partial charge in [0.05, 0.1) is 0 Å². The smallest absolute Gasteiger partial charge is 0.245 e. The zero-order valence-electron chi connectivity index (χ0n) is 12.8. The Morgan fingerprint density at radius 2 is 2.05 bits per heavy atom. The second-order valence-electron chi connectivity index (χ2n) is 5.25. The molecule has 0 radical (unpaired) electrons. The monoisotopic (exact) mass is 281 g/mol. The molecule has 0 aromatic carbocycles. The van der Waals surface area contributed by atoms with Gasteiger partial charge in [-0.25, -0.2) is 0 Å². The first-order valence-electron chi connectivity index (χ1n) is 6.88. The average Bonchev–Trinajstić information content (AvgIpc) is 2.79. The van der Waals surface area contributed by atoms with Crippen LogP contribution in [0.4, 0.5) is 5.82 Å². The molecule has 1 heterocycles. The Hall–Kier alpha value is -1.85. The molecule has 0 saturated heterocycles. The number of anilines is 1. The third-order valence-corrected chi connectivity index (χ3v) is 3.11. The van der Waals surface area contributed by atoms with Crippen molar-refractivity contribution in [3.05, 3.63) is 11.8 Å². The first-order valence-corrected chi connectivity index (χ1v) is 6.88. The topological polar surface area (TPSA) is 75.4 Å². The van der Waals surface area contributed by atoms with Crippen molar-refractivity contribution >= 4 is 17.6 Å². The summed E-state index contributed by atoms with van der Waals surface area (Å²) in [4.78, 5) is 25.7. The Morgan fingerprint density at radius 1 is 1.40 bits per heavy atom. The van der Waals surface area contributed by atoms with Crippen LogP contribution in [0.5, 0.6) is 0 Å². The quantitative estimate of drug-likeness (QED) is 0.867. The summed E-state index contributed by atoms with van der Waals surface area (Å²) < 4.78 is 4.88. The zero-order chi connectivity index (χ0) is 15.3. The maximum Gasteiger partial charge on any atom is 0.245 e. The first-order chi connectivity index (χ1) is 9.35. The summed E-state index contributed by atoms with van der Waals surface area (Å²) in [5, 5.41) is 6.33. The summed E-state index contributed by atoms with van der Waals surface area (Å²) in [5.41, 5.74) is 0. The fraction of sp³-hybridized carbons (Fsp3) is 0.643. The third kappa shape index (κ3) is 4.36. The Balaban J connectivity index is 2.69. The molecule has 1 aromatic heterocycles. The molecular weight excluding hydrogens is 258 g/mol. The first kappa shape index (κ1) is 16.2. The van der Waals surface area contributed by atoms with Crippen LogP contribution in [0, 0.1) is 12.8 Å². The van der Waals surface area contributed by atoms with Crippen LogP contribution in [-0.2, 0) is 9.59 Å². The van der Waals surface area contributed by atoms with Gasteiger partial charge in [-0.1, -0.05) is 25.9 Å². The number of carbonyl (C=O) groups is 2. The number of nitrogens with zero attached hydrogens (tertiary/aromatic N) is 2. The van der Waals surface area contributed by atoms with E-state index in [4.69, 9.17) is 4.52 Å². The highest BCUT2D eigenvalue weighted by atomic mass is 16.5. The van der Waals surface area contributed by atoms with Gasteiger partial charge in [0.25, 0.3) is 0 Å². The number of amides is 2. The zero-order valence-corrected chi connectivity index (χ0v) is 12.8. The van der Waals surface area contributed by atoms with E-state index in [1.54, 1.807) is 17.9 Å². The van der Waals surface area contributed by atoms with Gasteiger partial charge >= 0.3 is 0 Å². The van der Waals surface area contributed by atoms with Gasteiger partial charge in [0.15, 0.2) is 5.82 Å². The Morgan fingerprint density at radius 3 is 2.50 bits per heavy atom. The highest BCUT2D eigenvalue weighted by Crippen LogP contribution is 2.11. The fourth-order valence-electron chi connectivity index (χ4n) is 1.77. The Labute approximate surface area is 119 Å². The van der Waals surface area contributed by atoms with E-state index in [9.17, 15) is 9.59 Å². The van der Waals surface area contributed by atoms with Crippen molar-refractivity contribution in [2.75, 3.05) is 11.9 Å². The van der Waals surface area contributed by atoms with Crippen LogP contribution in [0.15, 0.2) is 10.6 Å². The minimum atomic E-state index is -0.271. The molecule has 1 atom stereocenters. The summed E-state index contributed by atoms with van der Waals surface area (Å²) in [5.74, 6) is 0.565. The van der Waals surface area contributed by atoms with Crippen molar-refractivity contribution in [3.63, 3.8) is 0 Å². The van der Waals surface area contributed by atoms with Gasteiger partial charge in [0.2, 0.25) is 11.8 Å². The number of nitrogens with one attached hydrogen (secondary N) is 1. The van der Waals surface area contributed by atoms with Crippen molar-refractivity contribution in [1.29, 1.82) is 0 Å². The number of aryl methyl sites for hydroxylation is 1. The lowest BCUT2D eigenvalue weighted by atomic mass is 10.1. The average molecular weight is 281 g/mol. The molecule has 2 amide bonds. The van der Waals surface area contributed by atoms with Crippen LogP contribution in [0.25, 0.3) is 0 Å². The van der Waals surface area contributed by atoms with E-state index in [1.165, 1.54) is 0 Å². The van der Waals surface area contributed by atoms with E-state index in [2.05, 4.69) is 10.5 Å². The summed E-state index contributed by atoms with van der Waals surface area (Å²) in [6, 6.07) is 1.66. The van der Waals surface area contributed by atoms with Gasteiger partial charge in [-0.05, 0) is 20.3 Å². The molecule has 0 aliphatic rings. The van der Waals surface area contributed by atoms with E-state index in [-0.39, 0.29) is 30.3 Å². The van der Waals surface area contributed by atoms with Crippen molar-refractivity contribution in [2.24, 2.45) is 5.92 Å². The van der Waals surface area contributed by atoms with Crippen LogP contribution in [0.3, 0.4) is 0 Å². The summed E-state index contributed by atoms with van der Waals surface area (Å²) in [6.45, 7) is 9.36. The summed E-state index contributed by atoms with van der Waals surface area (Å²) >= 11 is 0. The number of carbonyl (C=O) groups excluding carboxylic acids is 2. The van der Waals surface area contributed by atoms with E-state index >= 15 is 0 Å². The lowest BCUT2D eigenvalue weighted by Gasteiger charge is -2.29. The molecule has 112 valence electrons. The fourth-order valence-corrected chi connectivity index (χ4v) is 1.77. The predicted molar refractivity (Wildman–Crippen MR) is 76.2 cm³/mol. The molecule has 1 rings (SSSR count). The molecule has 0 fully saturated rings. The minimum Gasteiger partial charge on any atom is -0.360 e. The maximum atomic E-state index is 12.1. The van der Waals surface area contributed by atoms with Crippen molar-refractivity contribution in [3.8, 4) is 0 Å². The Bertz CT molecular complexity index is 468. The van der Waals surface area contributed by atoms with Gasteiger partial charge in [-0.15, -0.1) is 0 Å². The molecule has 0 saturated carbocycles. The van der Waals surface area contributed by atoms with Crippen LogP contribution in [-0.4, -0.2) is 34.5 Å². The number of aromatic nitrogens is 1. The minimum absolute atomic E-state index is 0.0224. The maximum absolute atomic E-state index is 12.1. The molecule has 6 nitrogen and oxygen atoms in total. The van der Waals surface area contributed by atoms with Crippen LogP contribution >= 0.6 is 0 Å². The molecule has 0 bridgehead atoms. The third-order valence-electron chi connectivity index (χ3n) is 3.11. The highest BCUT2D eigenvalue weighted by Gasteiger charge is 2.24. The van der Waals surface area contributed by atoms with Crippen molar-refractivity contribution in [2.45, 2.75) is 47.1 Å². The second-order valence-corrected chi connectivity index (χ2v) is 5.25. The second kappa shape index (κ2) is 7.07. The lowest BCUT2D eigenvalue weighted by molar-refractivity contribution is -0.139. The SMILES string of the molecule is CCC(C)N(CC(=O)Nc1cc(C)on1)C(=O)C(C)C. The lowest BCUT2D eigenvalue weighted by Crippen LogP contribution is -2.45. The van der Waals surface area contributed by atoms with Crippen molar-refractivity contribution < 1.29 is 14.1 Å². The largest absolute Gasteiger partial charge is 0.360 e. The normalized spacial score (nSPS) is 12.3. The van der Waals surface area contributed by atoms with Crippen LogP contribution in [0.2, 0.25) is 0 Å². The molecule has 6 heteroatoms.